The molecule has 2 aromatic rings. The van der Waals surface area contributed by atoms with Crippen LogP contribution in [0.3, 0.4) is 0 Å². The van der Waals surface area contributed by atoms with E-state index in [1.54, 1.807) is 0 Å². The Labute approximate surface area is 97.7 Å². The molecule has 0 saturated carbocycles. The van der Waals surface area contributed by atoms with Gasteiger partial charge in [0.25, 0.3) is 0 Å². The van der Waals surface area contributed by atoms with E-state index in [0.717, 1.165) is 12.2 Å². The van der Waals surface area contributed by atoms with E-state index in [9.17, 15) is 0 Å². The third-order valence-corrected chi connectivity index (χ3v) is 2.21. The number of benzene rings is 1. The first-order chi connectivity index (χ1) is 7.83. The summed E-state index contributed by atoms with van der Waals surface area (Å²) in [4.78, 5) is 7.36. The minimum absolute atomic E-state index is 1.02. The molecule has 0 bridgehead atoms. The summed E-state index contributed by atoms with van der Waals surface area (Å²) in [5, 5.41) is 0. The molecule has 16 heavy (non-hydrogen) atoms. The molecule has 0 fully saturated rings. The molecule has 0 saturated heterocycles. The van der Waals surface area contributed by atoms with Gasteiger partial charge in [-0.05, 0) is 19.8 Å². The molecular formula is C14H20N2. The summed E-state index contributed by atoms with van der Waals surface area (Å²) in [5.74, 6) is 1.02. The van der Waals surface area contributed by atoms with E-state index in [4.69, 9.17) is 0 Å². The fourth-order valence-corrected chi connectivity index (χ4v) is 1.34. The van der Waals surface area contributed by atoms with Gasteiger partial charge >= 0.3 is 0 Å². The summed E-state index contributed by atoms with van der Waals surface area (Å²) in [7, 11) is 0. The topological polar surface area (TPSA) is 28.7 Å². The number of nitrogens with zero attached hydrogens (tertiary/aromatic N) is 1. The van der Waals surface area contributed by atoms with Crippen molar-refractivity contribution in [1.82, 2.24) is 9.97 Å². The highest BCUT2D eigenvalue weighted by molar-refractivity contribution is 4.99. The second-order valence-electron chi connectivity index (χ2n) is 3.74. The van der Waals surface area contributed by atoms with Crippen molar-refractivity contribution >= 4 is 0 Å². The van der Waals surface area contributed by atoms with Crippen LogP contribution in [0.1, 0.15) is 31.3 Å². The molecule has 0 aliphatic rings. The smallest absolute Gasteiger partial charge is 0.103 e. The number of imidazole rings is 1. The second kappa shape index (κ2) is 7.69. The predicted molar refractivity (Wildman–Crippen MR) is 68.4 cm³/mol. The van der Waals surface area contributed by atoms with E-state index in [1.165, 1.54) is 18.5 Å². The van der Waals surface area contributed by atoms with Crippen LogP contribution in [-0.2, 0) is 6.42 Å². The van der Waals surface area contributed by atoms with Gasteiger partial charge in [-0.15, -0.1) is 0 Å². The lowest BCUT2D eigenvalue weighted by Crippen LogP contribution is -1.83. The zero-order valence-corrected chi connectivity index (χ0v) is 10.1. The van der Waals surface area contributed by atoms with Crippen molar-refractivity contribution < 1.29 is 0 Å². The standard InChI is InChI=1S/C8H14N2.C6H6/c1-3-4-5-8-6-9-7(2)10-8;1-2-4-6-5-3-1/h6H,3-5H2,1-2H3,(H,9,10);1-6H. The van der Waals surface area contributed by atoms with Crippen molar-refractivity contribution in [3.8, 4) is 0 Å². The Morgan fingerprint density at radius 1 is 1.06 bits per heavy atom. The molecule has 0 atom stereocenters. The van der Waals surface area contributed by atoms with Gasteiger partial charge in [0, 0.05) is 6.20 Å². The Hall–Kier alpha value is -1.57. The highest BCUT2D eigenvalue weighted by Gasteiger charge is 1.94. The van der Waals surface area contributed by atoms with Crippen LogP contribution in [0.5, 0.6) is 0 Å². The molecule has 2 heteroatoms. The molecule has 0 spiro atoms. The van der Waals surface area contributed by atoms with Gasteiger partial charge in [0.1, 0.15) is 5.82 Å². The maximum atomic E-state index is 4.29. The number of rotatable bonds is 3. The van der Waals surface area contributed by atoms with E-state index in [0.29, 0.717) is 0 Å². The largest absolute Gasteiger partial charge is 0.349 e. The minimum Gasteiger partial charge on any atom is -0.349 e. The molecule has 86 valence electrons. The van der Waals surface area contributed by atoms with Gasteiger partial charge in [-0.1, -0.05) is 49.7 Å². The van der Waals surface area contributed by atoms with Crippen LogP contribution >= 0.6 is 0 Å². The third-order valence-electron chi connectivity index (χ3n) is 2.21. The van der Waals surface area contributed by atoms with Crippen molar-refractivity contribution in [2.24, 2.45) is 0 Å². The Morgan fingerprint density at radius 3 is 2.00 bits per heavy atom. The Balaban J connectivity index is 0.000000181. The Bertz CT molecular complexity index is 339. The fraction of sp³-hybridized carbons (Fsp3) is 0.357. The normalized spacial score (nSPS) is 9.38. The number of hydrogen-bond acceptors (Lipinski definition) is 1. The maximum absolute atomic E-state index is 4.29. The predicted octanol–water partition coefficient (Wildman–Crippen LogP) is 3.75. The van der Waals surface area contributed by atoms with Gasteiger partial charge in [0.2, 0.25) is 0 Å². The van der Waals surface area contributed by atoms with Crippen molar-refractivity contribution in [3.63, 3.8) is 0 Å². The van der Waals surface area contributed by atoms with Crippen LogP contribution in [0.2, 0.25) is 0 Å². The molecule has 0 aliphatic heterocycles. The molecule has 2 nitrogen and oxygen atoms in total. The average molecular weight is 216 g/mol. The molecule has 0 unspecified atom stereocenters. The first-order valence-corrected chi connectivity index (χ1v) is 5.84. The van der Waals surface area contributed by atoms with Gasteiger partial charge in [0.05, 0.1) is 5.69 Å². The van der Waals surface area contributed by atoms with Crippen LogP contribution in [0.15, 0.2) is 42.6 Å². The SMILES string of the molecule is CCCCc1c[nH]c(C)n1.c1ccccc1. The third kappa shape index (κ3) is 5.35. The molecular weight excluding hydrogens is 196 g/mol. The summed E-state index contributed by atoms with van der Waals surface area (Å²) in [5.41, 5.74) is 1.19. The molecule has 1 aromatic heterocycles. The van der Waals surface area contributed by atoms with Crippen molar-refractivity contribution in [1.29, 1.82) is 0 Å². The van der Waals surface area contributed by atoms with Crippen LogP contribution in [0.4, 0.5) is 0 Å². The lowest BCUT2D eigenvalue weighted by atomic mass is 10.2. The molecule has 0 radical (unpaired) electrons. The van der Waals surface area contributed by atoms with Crippen LogP contribution < -0.4 is 0 Å². The van der Waals surface area contributed by atoms with E-state index in [2.05, 4.69) is 16.9 Å². The number of hydrogen-bond donors (Lipinski definition) is 1. The van der Waals surface area contributed by atoms with Crippen molar-refractivity contribution in [2.75, 3.05) is 0 Å². The quantitative estimate of drug-likeness (QED) is 0.831. The van der Waals surface area contributed by atoms with Gasteiger partial charge in [0.15, 0.2) is 0 Å². The molecule has 2 rings (SSSR count). The Kier molecular flexibility index (Phi) is 6.00. The van der Waals surface area contributed by atoms with Gasteiger partial charge in [-0.25, -0.2) is 4.98 Å². The van der Waals surface area contributed by atoms with E-state index in [-0.39, 0.29) is 0 Å². The number of aromatic nitrogens is 2. The summed E-state index contributed by atoms with van der Waals surface area (Å²) >= 11 is 0. The second-order valence-corrected chi connectivity index (χ2v) is 3.74. The lowest BCUT2D eigenvalue weighted by molar-refractivity contribution is 0.779. The highest BCUT2D eigenvalue weighted by Crippen LogP contribution is 2.01. The summed E-state index contributed by atoms with van der Waals surface area (Å²) in [6, 6.07) is 12.0. The minimum atomic E-state index is 1.02. The molecule has 0 aliphatic carbocycles. The summed E-state index contributed by atoms with van der Waals surface area (Å²) in [6.07, 6.45) is 5.59. The lowest BCUT2D eigenvalue weighted by Gasteiger charge is -1.89. The maximum Gasteiger partial charge on any atom is 0.103 e. The summed E-state index contributed by atoms with van der Waals surface area (Å²) in [6.45, 7) is 4.18. The molecule has 1 heterocycles. The van der Waals surface area contributed by atoms with Crippen molar-refractivity contribution in [2.45, 2.75) is 33.1 Å². The average Bonchev–Trinajstić information content (AvgIpc) is 2.76. The number of H-pyrrole nitrogens is 1. The monoisotopic (exact) mass is 216 g/mol. The zero-order valence-electron chi connectivity index (χ0n) is 10.1. The fourth-order valence-electron chi connectivity index (χ4n) is 1.34. The zero-order chi connectivity index (χ0) is 11.6. The van der Waals surface area contributed by atoms with Gasteiger partial charge < -0.3 is 4.98 Å². The summed E-state index contributed by atoms with van der Waals surface area (Å²) < 4.78 is 0. The highest BCUT2D eigenvalue weighted by atomic mass is 14.9. The van der Waals surface area contributed by atoms with E-state index >= 15 is 0 Å². The molecule has 1 N–H and O–H groups in total. The number of aryl methyl sites for hydroxylation is 2. The van der Waals surface area contributed by atoms with Gasteiger partial charge in [-0.2, -0.15) is 0 Å². The first kappa shape index (κ1) is 12.5. The van der Waals surface area contributed by atoms with Crippen LogP contribution in [0, 0.1) is 6.92 Å². The number of unbranched alkanes of at least 4 members (excludes halogenated alkanes) is 1. The van der Waals surface area contributed by atoms with Crippen LogP contribution in [0.25, 0.3) is 0 Å². The van der Waals surface area contributed by atoms with Crippen LogP contribution in [-0.4, -0.2) is 9.97 Å². The van der Waals surface area contributed by atoms with Gasteiger partial charge in [-0.3, -0.25) is 0 Å². The number of nitrogens with one attached hydrogen (secondary N) is 1. The van der Waals surface area contributed by atoms with Crippen molar-refractivity contribution in [3.05, 3.63) is 54.1 Å². The Morgan fingerprint density at radius 2 is 1.62 bits per heavy atom. The first-order valence-electron chi connectivity index (χ1n) is 5.84. The van der Waals surface area contributed by atoms with E-state index in [1.807, 2.05) is 49.5 Å². The molecule has 0 amide bonds. The number of aromatic amines is 1. The van der Waals surface area contributed by atoms with E-state index < -0.39 is 0 Å². The molecule has 1 aromatic carbocycles.